The molecule has 1 N–H and O–H groups in total. The summed E-state index contributed by atoms with van der Waals surface area (Å²) < 4.78 is 38.5. The highest BCUT2D eigenvalue weighted by molar-refractivity contribution is 7.86. The van der Waals surface area contributed by atoms with Crippen LogP contribution in [0.15, 0.2) is 30.3 Å². The van der Waals surface area contributed by atoms with E-state index < -0.39 is 20.8 Å². The molecule has 0 radical (unpaired) electrons. The predicted molar refractivity (Wildman–Crippen MR) is 85.2 cm³/mol. The number of rotatable bonds is 9. The Morgan fingerprint density at radius 2 is 1.81 bits per heavy atom. The Hall–Kier alpha value is -1.07. The smallest absolute Gasteiger partial charge is 0.271 e. The van der Waals surface area contributed by atoms with Crippen molar-refractivity contribution in [2.24, 2.45) is 5.41 Å². The Morgan fingerprint density at radius 3 is 2.33 bits per heavy atom. The van der Waals surface area contributed by atoms with Crippen LogP contribution in [0.5, 0.6) is 5.75 Å². The molecular formula is C16H26O4S. The first-order chi connectivity index (χ1) is 9.77. The summed E-state index contributed by atoms with van der Waals surface area (Å²) in [5.74, 6) is 0.607. The van der Waals surface area contributed by atoms with E-state index in [1.807, 2.05) is 32.0 Å². The summed E-state index contributed by atoms with van der Waals surface area (Å²) in [7, 11) is -4.15. The monoisotopic (exact) mass is 314 g/mol. The second kappa shape index (κ2) is 7.80. The fourth-order valence-electron chi connectivity index (χ4n) is 2.39. The Balaban J connectivity index is 2.76. The summed E-state index contributed by atoms with van der Waals surface area (Å²) in [4.78, 5) is 0. The average molecular weight is 314 g/mol. The van der Waals surface area contributed by atoms with Crippen molar-refractivity contribution in [1.82, 2.24) is 0 Å². The number of benzene rings is 1. The molecule has 0 saturated heterocycles. The molecule has 0 aliphatic rings. The average Bonchev–Trinajstić information content (AvgIpc) is 2.38. The molecule has 4 nitrogen and oxygen atoms in total. The second-order valence-electron chi connectivity index (χ2n) is 6.07. The molecule has 0 aromatic heterocycles. The van der Waals surface area contributed by atoms with Crippen LogP contribution in [0.4, 0.5) is 0 Å². The van der Waals surface area contributed by atoms with Crippen LogP contribution in [0.25, 0.3) is 0 Å². The van der Waals surface area contributed by atoms with Gasteiger partial charge in [-0.3, -0.25) is 4.55 Å². The fraction of sp³-hybridized carbons (Fsp3) is 0.625. The largest absolute Gasteiger partial charge is 0.492 e. The molecule has 21 heavy (non-hydrogen) atoms. The fourth-order valence-corrected chi connectivity index (χ4v) is 3.56. The topological polar surface area (TPSA) is 63.6 Å². The van der Waals surface area contributed by atoms with Gasteiger partial charge in [0.05, 0.1) is 0 Å². The summed E-state index contributed by atoms with van der Waals surface area (Å²) in [6, 6.07) is 9.05. The molecule has 0 aliphatic carbocycles. The van der Waals surface area contributed by atoms with Crippen LogP contribution >= 0.6 is 0 Å². The first kappa shape index (κ1) is 18.0. The zero-order valence-electron chi connectivity index (χ0n) is 13.1. The van der Waals surface area contributed by atoms with Crippen LogP contribution in [0.3, 0.4) is 0 Å². The van der Waals surface area contributed by atoms with E-state index in [4.69, 9.17) is 4.74 Å². The molecule has 0 saturated carbocycles. The third kappa shape index (κ3) is 6.06. The van der Waals surface area contributed by atoms with E-state index in [0.717, 1.165) is 25.7 Å². The summed E-state index contributed by atoms with van der Waals surface area (Å²) in [6.07, 6.45) is 3.82. The first-order valence-corrected chi connectivity index (χ1v) is 8.92. The van der Waals surface area contributed by atoms with E-state index in [-0.39, 0.29) is 6.61 Å². The summed E-state index contributed by atoms with van der Waals surface area (Å²) in [5, 5.41) is -0.929. The maximum Gasteiger partial charge on any atom is 0.271 e. The van der Waals surface area contributed by atoms with Crippen LogP contribution in [-0.2, 0) is 10.1 Å². The van der Waals surface area contributed by atoms with Crippen molar-refractivity contribution >= 4 is 10.1 Å². The van der Waals surface area contributed by atoms with Gasteiger partial charge in [-0.05, 0) is 24.0 Å². The summed E-state index contributed by atoms with van der Waals surface area (Å²) >= 11 is 0. The van der Waals surface area contributed by atoms with Crippen LogP contribution in [-0.4, -0.2) is 24.8 Å². The lowest BCUT2D eigenvalue weighted by atomic mass is 9.83. The molecule has 1 aromatic carbocycles. The third-order valence-electron chi connectivity index (χ3n) is 3.80. The van der Waals surface area contributed by atoms with Crippen LogP contribution in [0, 0.1) is 5.41 Å². The van der Waals surface area contributed by atoms with Crippen molar-refractivity contribution in [2.45, 2.75) is 51.7 Å². The van der Waals surface area contributed by atoms with Crippen molar-refractivity contribution in [3.05, 3.63) is 30.3 Å². The van der Waals surface area contributed by atoms with Gasteiger partial charge in [0.2, 0.25) is 0 Å². The van der Waals surface area contributed by atoms with Gasteiger partial charge in [-0.1, -0.05) is 58.2 Å². The predicted octanol–water partition coefficient (Wildman–Crippen LogP) is 3.93. The van der Waals surface area contributed by atoms with Gasteiger partial charge >= 0.3 is 0 Å². The zero-order chi connectivity index (χ0) is 15.9. The Kier molecular flexibility index (Phi) is 6.68. The van der Waals surface area contributed by atoms with Crippen molar-refractivity contribution < 1.29 is 17.7 Å². The number of hydrogen-bond acceptors (Lipinski definition) is 3. The van der Waals surface area contributed by atoms with Crippen molar-refractivity contribution in [3.63, 3.8) is 0 Å². The highest BCUT2D eigenvalue weighted by atomic mass is 32.2. The standard InChI is InChI=1S/C16H26O4S/c1-4-5-9-12-16(2,3)15(21(17,18)19)13-20-14-10-7-6-8-11-14/h6-8,10-11,15H,4-5,9,12-13H2,1-3H3,(H,17,18,19). The van der Waals surface area contributed by atoms with Gasteiger partial charge in [0.15, 0.2) is 0 Å². The van der Waals surface area contributed by atoms with Crippen molar-refractivity contribution in [2.75, 3.05) is 6.61 Å². The van der Waals surface area contributed by atoms with E-state index in [9.17, 15) is 13.0 Å². The highest BCUT2D eigenvalue weighted by Gasteiger charge is 2.38. The minimum atomic E-state index is -4.15. The highest BCUT2D eigenvalue weighted by Crippen LogP contribution is 2.32. The first-order valence-electron chi connectivity index (χ1n) is 7.41. The van der Waals surface area contributed by atoms with Gasteiger partial charge in [0.25, 0.3) is 10.1 Å². The molecule has 0 spiro atoms. The van der Waals surface area contributed by atoms with Gasteiger partial charge in [-0.15, -0.1) is 0 Å². The molecule has 1 unspecified atom stereocenters. The van der Waals surface area contributed by atoms with E-state index in [1.165, 1.54) is 0 Å². The van der Waals surface area contributed by atoms with Gasteiger partial charge in [0, 0.05) is 0 Å². The molecule has 0 heterocycles. The lowest BCUT2D eigenvalue weighted by molar-refractivity contribution is 0.208. The van der Waals surface area contributed by atoms with Gasteiger partial charge in [-0.25, -0.2) is 0 Å². The molecule has 1 aromatic rings. The zero-order valence-corrected chi connectivity index (χ0v) is 13.9. The van der Waals surface area contributed by atoms with Crippen molar-refractivity contribution in [1.29, 1.82) is 0 Å². The van der Waals surface area contributed by atoms with Crippen LogP contribution < -0.4 is 4.74 Å². The number of para-hydroxylation sites is 1. The molecular weight excluding hydrogens is 288 g/mol. The van der Waals surface area contributed by atoms with E-state index >= 15 is 0 Å². The molecule has 1 atom stereocenters. The molecule has 0 amide bonds. The number of hydrogen-bond donors (Lipinski definition) is 1. The van der Waals surface area contributed by atoms with Gasteiger partial charge < -0.3 is 4.74 Å². The van der Waals surface area contributed by atoms with Crippen LogP contribution in [0.1, 0.15) is 46.5 Å². The lowest BCUT2D eigenvalue weighted by Crippen LogP contribution is -2.41. The molecule has 0 fully saturated rings. The normalized spacial score (nSPS) is 13.9. The molecule has 1 rings (SSSR count). The van der Waals surface area contributed by atoms with E-state index in [1.54, 1.807) is 12.1 Å². The van der Waals surface area contributed by atoms with Gasteiger partial charge in [0.1, 0.15) is 17.6 Å². The van der Waals surface area contributed by atoms with E-state index in [0.29, 0.717) is 5.75 Å². The third-order valence-corrected chi connectivity index (χ3v) is 5.29. The summed E-state index contributed by atoms with van der Waals surface area (Å²) in [5.41, 5.74) is -0.530. The Bertz CT molecular complexity index is 508. The molecule has 0 bridgehead atoms. The maximum absolute atomic E-state index is 11.7. The maximum atomic E-state index is 11.7. The molecule has 5 heteroatoms. The lowest BCUT2D eigenvalue weighted by Gasteiger charge is -2.32. The minimum Gasteiger partial charge on any atom is -0.492 e. The molecule has 0 aliphatic heterocycles. The van der Waals surface area contributed by atoms with Crippen molar-refractivity contribution in [3.8, 4) is 5.75 Å². The second-order valence-corrected chi connectivity index (χ2v) is 7.67. The number of ether oxygens (including phenoxy) is 1. The summed E-state index contributed by atoms with van der Waals surface area (Å²) in [6.45, 7) is 5.80. The SMILES string of the molecule is CCCCCC(C)(C)C(COc1ccccc1)S(=O)(=O)O. The number of unbranched alkanes of at least 4 members (excludes halogenated alkanes) is 2. The van der Waals surface area contributed by atoms with Gasteiger partial charge in [-0.2, -0.15) is 8.42 Å². The Morgan fingerprint density at radius 1 is 1.19 bits per heavy atom. The van der Waals surface area contributed by atoms with E-state index in [2.05, 4.69) is 6.92 Å². The van der Waals surface area contributed by atoms with Crippen LogP contribution in [0.2, 0.25) is 0 Å². The quantitative estimate of drug-likeness (QED) is 0.554. The minimum absolute atomic E-state index is 0.0397. The molecule has 120 valence electrons. The Labute approximate surface area is 128 Å².